The Kier molecular flexibility index (Phi) is 5.14. The number of anilines is 1. The first-order chi connectivity index (χ1) is 10.0. The molecule has 3 N–H and O–H groups in total. The van der Waals surface area contributed by atoms with E-state index in [0.717, 1.165) is 11.3 Å². The van der Waals surface area contributed by atoms with Crippen LogP contribution in [0.2, 0.25) is 5.02 Å². The van der Waals surface area contributed by atoms with Gasteiger partial charge >= 0.3 is 0 Å². The number of thiocarbonyl (C=S) groups is 1. The average Bonchev–Trinajstić information content (AvgIpc) is 2.45. The number of hydrogen-bond acceptors (Lipinski definition) is 2. The van der Waals surface area contributed by atoms with Gasteiger partial charge in [0.15, 0.2) is 5.11 Å². The van der Waals surface area contributed by atoms with Gasteiger partial charge in [0.2, 0.25) is 0 Å². The highest BCUT2D eigenvalue weighted by atomic mass is 35.5. The highest BCUT2D eigenvalue weighted by Gasteiger charge is 2.05. The van der Waals surface area contributed by atoms with E-state index in [9.17, 15) is 4.79 Å². The van der Waals surface area contributed by atoms with Gasteiger partial charge in [0.1, 0.15) is 0 Å². The third-order valence-electron chi connectivity index (χ3n) is 2.65. The highest BCUT2D eigenvalue weighted by molar-refractivity contribution is 7.80. The molecule has 0 unspecified atom stereocenters. The number of rotatable bonds is 2. The van der Waals surface area contributed by atoms with Crippen LogP contribution in [-0.4, -0.2) is 11.0 Å². The molecule has 0 aliphatic carbocycles. The third kappa shape index (κ3) is 4.73. The Balaban J connectivity index is 1.88. The number of halogens is 1. The molecular weight excluding hydrogens is 306 g/mol. The maximum Gasteiger partial charge on any atom is 0.269 e. The number of carbonyl (C=O) groups excluding carboxylic acids is 1. The second kappa shape index (κ2) is 7.06. The van der Waals surface area contributed by atoms with Crippen LogP contribution in [0.5, 0.6) is 0 Å². The van der Waals surface area contributed by atoms with Crippen LogP contribution in [-0.2, 0) is 0 Å². The molecule has 0 saturated carbocycles. The van der Waals surface area contributed by atoms with Crippen LogP contribution in [0, 0.1) is 6.92 Å². The summed E-state index contributed by atoms with van der Waals surface area (Å²) in [6, 6.07) is 14.4. The van der Waals surface area contributed by atoms with E-state index in [1.54, 1.807) is 30.3 Å². The van der Waals surface area contributed by atoms with Gasteiger partial charge in [0.25, 0.3) is 5.91 Å². The lowest BCUT2D eigenvalue weighted by Crippen LogP contribution is -2.43. The molecular formula is C15H14ClN3OS. The zero-order valence-electron chi connectivity index (χ0n) is 11.3. The van der Waals surface area contributed by atoms with E-state index in [0.29, 0.717) is 10.6 Å². The van der Waals surface area contributed by atoms with Crippen molar-refractivity contribution in [2.75, 3.05) is 5.32 Å². The Morgan fingerprint density at radius 2 is 1.86 bits per heavy atom. The molecule has 0 aliphatic rings. The summed E-state index contributed by atoms with van der Waals surface area (Å²) in [5.74, 6) is -0.256. The van der Waals surface area contributed by atoms with Gasteiger partial charge in [-0.2, -0.15) is 0 Å². The number of nitrogens with one attached hydrogen (secondary N) is 3. The predicted octanol–water partition coefficient (Wildman–Crippen LogP) is 3.28. The monoisotopic (exact) mass is 319 g/mol. The molecule has 0 bridgehead atoms. The fourth-order valence-electron chi connectivity index (χ4n) is 1.70. The number of benzene rings is 2. The second-order valence-electron chi connectivity index (χ2n) is 4.41. The van der Waals surface area contributed by atoms with E-state index < -0.39 is 0 Å². The molecule has 0 heterocycles. The molecule has 0 spiro atoms. The number of hydrogen-bond donors (Lipinski definition) is 3. The third-order valence-corrected chi connectivity index (χ3v) is 3.09. The standard InChI is InChI=1S/C15H14ClN3OS/c1-10-4-2-5-11(8-10)14(20)18-19-15(21)17-13-7-3-6-12(16)9-13/h2-9H,1H3,(H,18,20)(H2,17,19,21). The highest BCUT2D eigenvalue weighted by Crippen LogP contribution is 2.14. The molecule has 0 fully saturated rings. The zero-order valence-corrected chi connectivity index (χ0v) is 12.9. The van der Waals surface area contributed by atoms with Crippen LogP contribution in [0.4, 0.5) is 5.69 Å². The Morgan fingerprint density at radius 3 is 2.57 bits per heavy atom. The first-order valence-corrected chi connectivity index (χ1v) is 7.03. The Bertz CT molecular complexity index is 675. The number of aryl methyl sites for hydroxylation is 1. The number of hydrazine groups is 1. The van der Waals surface area contributed by atoms with Crippen LogP contribution in [0.25, 0.3) is 0 Å². The fraction of sp³-hybridized carbons (Fsp3) is 0.0667. The molecule has 0 aromatic heterocycles. The van der Waals surface area contributed by atoms with E-state index in [1.165, 1.54) is 0 Å². The van der Waals surface area contributed by atoms with Gasteiger partial charge in [0, 0.05) is 16.3 Å². The van der Waals surface area contributed by atoms with Crippen molar-refractivity contribution in [2.24, 2.45) is 0 Å². The van der Waals surface area contributed by atoms with E-state index >= 15 is 0 Å². The van der Waals surface area contributed by atoms with Crippen LogP contribution in [0.3, 0.4) is 0 Å². The molecule has 0 radical (unpaired) electrons. The van der Waals surface area contributed by atoms with Crippen molar-refractivity contribution in [3.63, 3.8) is 0 Å². The molecule has 0 atom stereocenters. The van der Waals surface area contributed by atoms with Crippen LogP contribution >= 0.6 is 23.8 Å². The van der Waals surface area contributed by atoms with Gasteiger partial charge in [-0.25, -0.2) is 0 Å². The topological polar surface area (TPSA) is 53.2 Å². The maximum absolute atomic E-state index is 11.9. The van der Waals surface area contributed by atoms with Gasteiger partial charge in [0.05, 0.1) is 0 Å². The average molecular weight is 320 g/mol. The second-order valence-corrected chi connectivity index (χ2v) is 5.26. The lowest BCUT2D eigenvalue weighted by molar-refractivity contribution is 0.0944. The van der Waals surface area contributed by atoms with E-state index in [1.807, 2.05) is 25.1 Å². The lowest BCUT2D eigenvalue weighted by Gasteiger charge is -2.12. The molecule has 1 amide bonds. The van der Waals surface area contributed by atoms with E-state index in [4.69, 9.17) is 23.8 Å². The summed E-state index contributed by atoms with van der Waals surface area (Å²) in [5, 5.41) is 3.80. The van der Waals surface area contributed by atoms with Crippen LogP contribution in [0.1, 0.15) is 15.9 Å². The van der Waals surface area contributed by atoms with Gasteiger partial charge in [-0.05, 0) is 49.5 Å². The summed E-state index contributed by atoms with van der Waals surface area (Å²) in [4.78, 5) is 11.9. The smallest absolute Gasteiger partial charge is 0.269 e. The first kappa shape index (κ1) is 15.3. The maximum atomic E-state index is 11.9. The van der Waals surface area contributed by atoms with Crippen molar-refractivity contribution >= 4 is 40.5 Å². The molecule has 0 saturated heterocycles. The molecule has 2 rings (SSSR count). The summed E-state index contributed by atoms with van der Waals surface area (Å²) in [6.45, 7) is 1.93. The Morgan fingerprint density at radius 1 is 1.10 bits per heavy atom. The predicted molar refractivity (Wildman–Crippen MR) is 89.5 cm³/mol. The summed E-state index contributed by atoms with van der Waals surface area (Å²) in [6.07, 6.45) is 0. The molecule has 2 aromatic carbocycles. The minimum Gasteiger partial charge on any atom is -0.331 e. The van der Waals surface area contributed by atoms with Crippen LogP contribution in [0.15, 0.2) is 48.5 Å². The molecule has 0 aliphatic heterocycles. The largest absolute Gasteiger partial charge is 0.331 e. The van der Waals surface area contributed by atoms with E-state index in [2.05, 4.69) is 16.2 Å². The number of carbonyl (C=O) groups is 1. The quantitative estimate of drug-likeness (QED) is 0.587. The van der Waals surface area contributed by atoms with Crippen molar-refractivity contribution < 1.29 is 4.79 Å². The van der Waals surface area contributed by atoms with Crippen molar-refractivity contribution in [1.82, 2.24) is 10.9 Å². The van der Waals surface area contributed by atoms with Gasteiger partial charge in [-0.15, -0.1) is 0 Å². The Hall–Kier alpha value is -2.11. The summed E-state index contributed by atoms with van der Waals surface area (Å²) in [7, 11) is 0. The molecule has 108 valence electrons. The fourth-order valence-corrected chi connectivity index (χ4v) is 2.06. The lowest BCUT2D eigenvalue weighted by atomic mass is 10.1. The van der Waals surface area contributed by atoms with Gasteiger partial charge < -0.3 is 5.32 Å². The normalized spacial score (nSPS) is 9.81. The van der Waals surface area contributed by atoms with E-state index in [-0.39, 0.29) is 11.0 Å². The summed E-state index contributed by atoms with van der Waals surface area (Å²) < 4.78 is 0. The summed E-state index contributed by atoms with van der Waals surface area (Å²) in [5.41, 5.74) is 7.50. The number of amides is 1. The zero-order chi connectivity index (χ0) is 15.2. The first-order valence-electron chi connectivity index (χ1n) is 6.24. The molecule has 6 heteroatoms. The molecule has 4 nitrogen and oxygen atoms in total. The summed E-state index contributed by atoms with van der Waals surface area (Å²) >= 11 is 11.0. The minimum absolute atomic E-state index is 0.256. The molecule has 21 heavy (non-hydrogen) atoms. The van der Waals surface area contributed by atoms with Crippen molar-refractivity contribution in [2.45, 2.75) is 6.92 Å². The van der Waals surface area contributed by atoms with Crippen molar-refractivity contribution in [3.8, 4) is 0 Å². The minimum atomic E-state index is -0.256. The van der Waals surface area contributed by atoms with Gasteiger partial charge in [-0.3, -0.25) is 15.6 Å². The molecule has 2 aromatic rings. The van der Waals surface area contributed by atoms with Crippen molar-refractivity contribution in [1.29, 1.82) is 0 Å². The van der Waals surface area contributed by atoms with Crippen molar-refractivity contribution in [3.05, 3.63) is 64.7 Å². The van der Waals surface area contributed by atoms with Crippen LogP contribution < -0.4 is 16.2 Å². The van der Waals surface area contributed by atoms with Gasteiger partial charge in [-0.1, -0.05) is 35.4 Å². The SMILES string of the molecule is Cc1cccc(C(=O)NNC(=S)Nc2cccc(Cl)c2)c1. The Labute approximate surface area is 133 Å².